The Morgan fingerprint density at radius 2 is 1.55 bits per heavy atom. The predicted molar refractivity (Wildman–Crippen MR) is 92.0 cm³/mol. The Balaban J connectivity index is 1.83. The van der Waals surface area contributed by atoms with Gasteiger partial charge in [0.2, 0.25) is 5.91 Å². The van der Waals surface area contributed by atoms with Gasteiger partial charge in [-0.1, -0.05) is 56.3 Å². The first-order valence-corrected chi connectivity index (χ1v) is 7.74. The van der Waals surface area contributed by atoms with Crippen LogP contribution in [0.5, 0.6) is 0 Å². The molecular formula is C19H24N2O. The van der Waals surface area contributed by atoms with E-state index < -0.39 is 0 Å². The molecule has 2 aromatic rings. The Bertz CT molecular complexity index is 591. The lowest BCUT2D eigenvalue weighted by Crippen LogP contribution is -2.30. The topological polar surface area (TPSA) is 41.1 Å². The van der Waals surface area contributed by atoms with Crippen molar-refractivity contribution in [2.45, 2.75) is 32.7 Å². The lowest BCUT2D eigenvalue weighted by molar-refractivity contribution is -0.115. The van der Waals surface area contributed by atoms with Gasteiger partial charge in [0.1, 0.15) is 0 Å². The second-order valence-corrected chi connectivity index (χ2v) is 5.84. The van der Waals surface area contributed by atoms with Crippen LogP contribution in [0, 0.1) is 0 Å². The van der Waals surface area contributed by atoms with Crippen LogP contribution in [0.3, 0.4) is 0 Å². The molecule has 0 aliphatic carbocycles. The SMILES string of the molecule is CC(C)c1ccc(NC(=O)CN[C@@H](C)c2ccccc2)cc1. The molecule has 0 saturated heterocycles. The van der Waals surface area contributed by atoms with Crippen LogP contribution < -0.4 is 10.6 Å². The van der Waals surface area contributed by atoms with Gasteiger partial charge < -0.3 is 10.6 Å². The molecule has 116 valence electrons. The summed E-state index contributed by atoms with van der Waals surface area (Å²) >= 11 is 0. The number of nitrogens with one attached hydrogen (secondary N) is 2. The van der Waals surface area contributed by atoms with Crippen molar-refractivity contribution in [3.63, 3.8) is 0 Å². The Kier molecular flexibility index (Phi) is 5.73. The molecule has 2 rings (SSSR count). The van der Waals surface area contributed by atoms with Crippen LogP contribution in [-0.4, -0.2) is 12.5 Å². The minimum absolute atomic E-state index is 0.0277. The fraction of sp³-hybridized carbons (Fsp3) is 0.316. The van der Waals surface area contributed by atoms with Gasteiger partial charge in [-0.2, -0.15) is 0 Å². The lowest BCUT2D eigenvalue weighted by atomic mass is 10.0. The number of anilines is 1. The highest BCUT2D eigenvalue weighted by molar-refractivity contribution is 5.92. The molecule has 3 heteroatoms. The van der Waals surface area contributed by atoms with Crippen molar-refractivity contribution in [1.29, 1.82) is 0 Å². The van der Waals surface area contributed by atoms with Gasteiger partial charge in [-0.15, -0.1) is 0 Å². The summed E-state index contributed by atoms with van der Waals surface area (Å²) in [6, 6.07) is 18.3. The summed E-state index contributed by atoms with van der Waals surface area (Å²) < 4.78 is 0. The molecule has 0 radical (unpaired) electrons. The van der Waals surface area contributed by atoms with Gasteiger partial charge in [0.25, 0.3) is 0 Å². The number of benzene rings is 2. The summed E-state index contributed by atoms with van der Waals surface area (Å²) in [7, 11) is 0. The van der Waals surface area contributed by atoms with Gasteiger partial charge in [-0.3, -0.25) is 4.79 Å². The van der Waals surface area contributed by atoms with Crippen molar-refractivity contribution in [2.75, 3.05) is 11.9 Å². The van der Waals surface area contributed by atoms with E-state index in [-0.39, 0.29) is 11.9 Å². The number of amides is 1. The van der Waals surface area contributed by atoms with E-state index in [1.54, 1.807) is 0 Å². The first-order valence-electron chi connectivity index (χ1n) is 7.74. The molecule has 0 aromatic heterocycles. The fourth-order valence-corrected chi connectivity index (χ4v) is 2.26. The van der Waals surface area contributed by atoms with Crippen molar-refractivity contribution in [2.24, 2.45) is 0 Å². The third-order valence-electron chi connectivity index (χ3n) is 3.73. The Morgan fingerprint density at radius 3 is 2.14 bits per heavy atom. The summed E-state index contributed by atoms with van der Waals surface area (Å²) in [5.41, 5.74) is 3.29. The molecule has 3 nitrogen and oxygen atoms in total. The van der Waals surface area contributed by atoms with Crippen molar-refractivity contribution in [3.05, 3.63) is 65.7 Å². The third-order valence-corrected chi connectivity index (χ3v) is 3.73. The van der Waals surface area contributed by atoms with Gasteiger partial charge in [0.15, 0.2) is 0 Å². The molecule has 0 spiro atoms. The van der Waals surface area contributed by atoms with Crippen LogP contribution in [-0.2, 0) is 4.79 Å². The molecule has 2 N–H and O–H groups in total. The van der Waals surface area contributed by atoms with Crippen LogP contribution in [0.15, 0.2) is 54.6 Å². The summed E-state index contributed by atoms with van der Waals surface area (Å²) in [5, 5.41) is 6.15. The maximum atomic E-state index is 12.0. The van der Waals surface area contributed by atoms with Gasteiger partial charge >= 0.3 is 0 Å². The van der Waals surface area contributed by atoms with E-state index in [0.717, 1.165) is 5.69 Å². The Labute approximate surface area is 132 Å². The van der Waals surface area contributed by atoms with E-state index in [1.807, 2.05) is 30.3 Å². The summed E-state index contributed by atoms with van der Waals surface area (Å²) in [6.07, 6.45) is 0. The minimum Gasteiger partial charge on any atom is -0.325 e. The number of rotatable bonds is 6. The van der Waals surface area contributed by atoms with E-state index in [4.69, 9.17) is 0 Å². The molecular weight excluding hydrogens is 272 g/mol. The zero-order chi connectivity index (χ0) is 15.9. The minimum atomic E-state index is -0.0277. The summed E-state index contributed by atoms with van der Waals surface area (Å²) in [4.78, 5) is 12.0. The first kappa shape index (κ1) is 16.2. The number of carbonyl (C=O) groups excluding carboxylic acids is 1. The van der Waals surface area contributed by atoms with E-state index in [1.165, 1.54) is 11.1 Å². The lowest BCUT2D eigenvalue weighted by Gasteiger charge is -2.14. The molecule has 0 unspecified atom stereocenters. The van der Waals surface area contributed by atoms with Gasteiger partial charge in [0, 0.05) is 11.7 Å². The van der Waals surface area contributed by atoms with Crippen molar-refractivity contribution < 1.29 is 4.79 Å². The zero-order valence-corrected chi connectivity index (χ0v) is 13.5. The maximum absolute atomic E-state index is 12.0. The molecule has 2 aromatic carbocycles. The standard InChI is InChI=1S/C19H24N2O/c1-14(2)16-9-11-18(12-10-16)21-19(22)13-20-15(3)17-7-5-4-6-8-17/h4-12,14-15,20H,13H2,1-3H3,(H,21,22)/t15-/m0/s1. The molecule has 1 amide bonds. The number of hydrogen-bond donors (Lipinski definition) is 2. The monoisotopic (exact) mass is 296 g/mol. The quantitative estimate of drug-likeness (QED) is 0.842. The highest BCUT2D eigenvalue weighted by atomic mass is 16.1. The van der Waals surface area contributed by atoms with Crippen LogP contribution in [0.4, 0.5) is 5.69 Å². The highest BCUT2D eigenvalue weighted by Gasteiger charge is 2.07. The second kappa shape index (κ2) is 7.76. The number of carbonyl (C=O) groups is 1. The van der Waals surface area contributed by atoms with Crippen LogP contribution in [0.25, 0.3) is 0 Å². The fourth-order valence-electron chi connectivity index (χ4n) is 2.26. The molecule has 1 atom stereocenters. The average molecular weight is 296 g/mol. The average Bonchev–Trinajstić information content (AvgIpc) is 2.54. The Hall–Kier alpha value is -2.13. The smallest absolute Gasteiger partial charge is 0.238 e. The van der Waals surface area contributed by atoms with Crippen LogP contribution in [0.1, 0.15) is 43.9 Å². The highest BCUT2D eigenvalue weighted by Crippen LogP contribution is 2.17. The molecule has 0 aliphatic heterocycles. The number of hydrogen-bond acceptors (Lipinski definition) is 2. The van der Waals surface area contributed by atoms with E-state index in [2.05, 4.69) is 55.7 Å². The van der Waals surface area contributed by atoms with Crippen LogP contribution >= 0.6 is 0 Å². The van der Waals surface area contributed by atoms with Crippen molar-refractivity contribution >= 4 is 11.6 Å². The van der Waals surface area contributed by atoms with Crippen LogP contribution in [0.2, 0.25) is 0 Å². The largest absolute Gasteiger partial charge is 0.325 e. The third kappa shape index (κ3) is 4.71. The summed E-state index contributed by atoms with van der Waals surface area (Å²) in [6.45, 7) is 6.66. The molecule has 0 aliphatic rings. The van der Waals surface area contributed by atoms with Crippen molar-refractivity contribution in [1.82, 2.24) is 5.32 Å². The molecule has 0 bridgehead atoms. The van der Waals surface area contributed by atoms with Gasteiger partial charge in [-0.05, 0) is 36.1 Å². The molecule has 0 saturated carbocycles. The Morgan fingerprint density at radius 1 is 0.909 bits per heavy atom. The maximum Gasteiger partial charge on any atom is 0.238 e. The molecule has 0 fully saturated rings. The van der Waals surface area contributed by atoms with Gasteiger partial charge in [-0.25, -0.2) is 0 Å². The molecule has 0 heterocycles. The summed E-state index contributed by atoms with van der Waals surface area (Å²) in [5.74, 6) is 0.471. The molecule has 22 heavy (non-hydrogen) atoms. The van der Waals surface area contributed by atoms with Gasteiger partial charge in [0.05, 0.1) is 6.54 Å². The van der Waals surface area contributed by atoms with E-state index >= 15 is 0 Å². The second-order valence-electron chi connectivity index (χ2n) is 5.84. The first-order chi connectivity index (χ1) is 10.6. The zero-order valence-electron chi connectivity index (χ0n) is 13.5. The normalized spacial score (nSPS) is 12.2. The van der Waals surface area contributed by atoms with E-state index in [0.29, 0.717) is 12.5 Å². The van der Waals surface area contributed by atoms with Crippen molar-refractivity contribution in [3.8, 4) is 0 Å². The van der Waals surface area contributed by atoms with E-state index in [9.17, 15) is 4.79 Å². The predicted octanol–water partition coefficient (Wildman–Crippen LogP) is 4.10.